The van der Waals surface area contributed by atoms with Gasteiger partial charge < -0.3 is 9.80 Å². The molecule has 0 aromatic heterocycles. The van der Waals surface area contributed by atoms with Crippen molar-refractivity contribution >= 4 is 28.4 Å². The van der Waals surface area contributed by atoms with Crippen LogP contribution in [-0.4, -0.2) is 7.05 Å². The molecule has 0 unspecified atom stereocenters. The zero-order valence-electron chi connectivity index (χ0n) is 25.3. The van der Waals surface area contributed by atoms with E-state index < -0.39 is 0 Å². The molecule has 0 bridgehead atoms. The van der Waals surface area contributed by atoms with Crippen molar-refractivity contribution < 1.29 is 0 Å². The van der Waals surface area contributed by atoms with Gasteiger partial charge >= 0.3 is 0 Å². The summed E-state index contributed by atoms with van der Waals surface area (Å²) in [7, 11) is 2.13. The molecule has 0 N–H and O–H groups in total. The third-order valence-corrected chi connectivity index (χ3v) is 8.30. The van der Waals surface area contributed by atoms with Crippen LogP contribution in [0.25, 0.3) is 33.4 Å². The Morgan fingerprint density at radius 2 is 0.600 bits per heavy atom. The smallest absolute Gasteiger partial charge is 0.0463 e. The molecule has 7 aromatic rings. The van der Waals surface area contributed by atoms with Crippen LogP contribution in [0.1, 0.15) is 0 Å². The molecule has 0 aliphatic heterocycles. The van der Waals surface area contributed by atoms with Gasteiger partial charge in [-0.25, -0.2) is 0 Å². The third kappa shape index (κ3) is 6.13. The SMILES string of the molecule is CN(c1ccc(N(c2ccc(-c3ccccc3)cc2)c2ccc(-c3ccccc3)cc2)cc1)c1cccc(-c2ccccc2)c1. The van der Waals surface area contributed by atoms with Gasteiger partial charge in [-0.2, -0.15) is 0 Å². The predicted molar refractivity (Wildman–Crippen MR) is 192 cm³/mol. The third-order valence-electron chi connectivity index (χ3n) is 8.30. The summed E-state index contributed by atoms with van der Waals surface area (Å²) in [6.45, 7) is 0. The van der Waals surface area contributed by atoms with Crippen LogP contribution < -0.4 is 9.80 Å². The van der Waals surface area contributed by atoms with Crippen molar-refractivity contribution in [3.63, 3.8) is 0 Å². The molecule has 0 aliphatic rings. The van der Waals surface area contributed by atoms with Crippen molar-refractivity contribution in [3.05, 3.63) is 188 Å². The van der Waals surface area contributed by atoms with E-state index in [2.05, 4.69) is 205 Å². The lowest BCUT2D eigenvalue weighted by atomic mass is 10.0. The normalized spacial score (nSPS) is 10.8. The van der Waals surface area contributed by atoms with Crippen molar-refractivity contribution in [2.75, 3.05) is 16.8 Å². The van der Waals surface area contributed by atoms with Crippen molar-refractivity contribution in [2.45, 2.75) is 0 Å². The van der Waals surface area contributed by atoms with E-state index in [1.165, 1.54) is 33.4 Å². The molecule has 0 atom stereocenters. The number of hydrogen-bond donors (Lipinski definition) is 0. The number of nitrogens with zero attached hydrogens (tertiary/aromatic N) is 2. The minimum Gasteiger partial charge on any atom is -0.345 e. The summed E-state index contributed by atoms with van der Waals surface area (Å²) < 4.78 is 0. The van der Waals surface area contributed by atoms with E-state index in [9.17, 15) is 0 Å². The van der Waals surface area contributed by atoms with Crippen LogP contribution in [0.3, 0.4) is 0 Å². The highest BCUT2D eigenvalue weighted by atomic mass is 15.1. The predicted octanol–water partition coefficient (Wildman–Crippen LogP) is 11.9. The van der Waals surface area contributed by atoms with Crippen LogP contribution in [0.2, 0.25) is 0 Å². The topological polar surface area (TPSA) is 6.48 Å². The zero-order chi connectivity index (χ0) is 30.4. The van der Waals surface area contributed by atoms with E-state index in [0.717, 1.165) is 28.4 Å². The van der Waals surface area contributed by atoms with E-state index in [-0.39, 0.29) is 0 Å². The highest BCUT2D eigenvalue weighted by Gasteiger charge is 2.14. The minimum atomic E-state index is 1.10. The molecule has 45 heavy (non-hydrogen) atoms. The molecule has 0 heterocycles. The average Bonchev–Trinajstić information content (AvgIpc) is 3.13. The van der Waals surface area contributed by atoms with Gasteiger partial charge in [0, 0.05) is 35.5 Å². The molecule has 0 fully saturated rings. The minimum absolute atomic E-state index is 1.10. The van der Waals surface area contributed by atoms with Gasteiger partial charge in [-0.1, -0.05) is 127 Å². The second-order valence-corrected chi connectivity index (χ2v) is 11.2. The monoisotopic (exact) mass is 578 g/mol. The lowest BCUT2D eigenvalue weighted by molar-refractivity contribution is 1.20. The summed E-state index contributed by atoms with van der Waals surface area (Å²) in [4.78, 5) is 4.56. The zero-order valence-corrected chi connectivity index (χ0v) is 25.3. The van der Waals surface area contributed by atoms with E-state index in [4.69, 9.17) is 0 Å². The molecule has 0 amide bonds. The number of hydrogen-bond acceptors (Lipinski definition) is 2. The quantitative estimate of drug-likeness (QED) is 0.177. The van der Waals surface area contributed by atoms with Crippen LogP contribution >= 0.6 is 0 Å². The molecule has 0 aliphatic carbocycles. The maximum absolute atomic E-state index is 2.32. The first-order valence-corrected chi connectivity index (χ1v) is 15.3. The lowest BCUT2D eigenvalue weighted by Gasteiger charge is -2.27. The first-order valence-electron chi connectivity index (χ1n) is 15.3. The number of anilines is 5. The molecular formula is C43H34N2. The van der Waals surface area contributed by atoms with Crippen molar-refractivity contribution in [2.24, 2.45) is 0 Å². The van der Waals surface area contributed by atoms with Crippen LogP contribution in [-0.2, 0) is 0 Å². The van der Waals surface area contributed by atoms with Gasteiger partial charge in [-0.3, -0.25) is 0 Å². The maximum Gasteiger partial charge on any atom is 0.0463 e. The van der Waals surface area contributed by atoms with Crippen LogP contribution in [0.5, 0.6) is 0 Å². The Morgan fingerprint density at radius 1 is 0.267 bits per heavy atom. The largest absolute Gasteiger partial charge is 0.345 e. The Kier molecular flexibility index (Phi) is 7.94. The Morgan fingerprint density at radius 3 is 1.04 bits per heavy atom. The molecule has 0 saturated heterocycles. The van der Waals surface area contributed by atoms with Crippen molar-refractivity contribution in [1.29, 1.82) is 0 Å². The van der Waals surface area contributed by atoms with Gasteiger partial charge in [-0.15, -0.1) is 0 Å². The lowest BCUT2D eigenvalue weighted by Crippen LogP contribution is -2.12. The van der Waals surface area contributed by atoms with E-state index in [1.807, 2.05) is 0 Å². The summed E-state index contributed by atoms with van der Waals surface area (Å²) in [5.41, 5.74) is 12.9. The summed E-state index contributed by atoms with van der Waals surface area (Å²) in [5.74, 6) is 0. The molecule has 2 heteroatoms. The second-order valence-electron chi connectivity index (χ2n) is 11.2. The average molecular weight is 579 g/mol. The number of benzene rings is 7. The first-order chi connectivity index (χ1) is 22.2. The summed E-state index contributed by atoms with van der Waals surface area (Å²) in [6.07, 6.45) is 0. The Labute approximate surface area is 266 Å². The van der Waals surface area contributed by atoms with Gasteiger partial charge in [0.2, 0.25) is 0 Å². The molecule has 0 spiro atoms. The van der Waals surface area contributed by atoms with E-state index in [1.54, 1.807) is 0 Å². The first kappa shape index (κ1) is 27.9. The van der Waals surface area contributed by atoms with Crippen molar-refractivity contribution in [3.8, 4) is 33.4 Å². The maximum atomic E-state index is 2.32. The van der Waals surface area contributed by atoms with Gasteiger partial charge in [0.15, 0.2) is 0 Å². The van der Waals surface area contributed by atoms with Gasteiger partial charge in [0.1, 0.15) is 0 Å². The Hall–Kier alpha value is -5.86. The highest BCUT2D eigenvalue weighted by molar-refractivity contribution is 5.81. The van der Waals surface area contributed by atoms with Gasteiger partial charge in [0.25, 0.3) is 0 Å². The molecule has 7 rings (SSSR count). The van der Waals surface area contributed by atoms with Crippen molar-refractivity contribution in [1.82, 2.24) is 0 Å². The van der Waals surface area contributed by atoms with Crippen LogP contribution in [0, 0.1) is 0 Å². The molecule has 0 saturated carbocycles. The van der Waals surface area contributed by atoms with Gasteiger partial charge in [0.05, 0.1) is 0 Å². The fourth-order valence-corrected chi connectivity index (χ4v) is 5.81. The van der Waals surface area contributed by atoms with Crippen LogP contribution in [0.15, 0.2) is 188 Å². The van der Waals surface area contributed by atoms with Gasteiger partial charge in [-0.05, 0) is 94.0 Å². The fraction of sp³-hybridized carbons (Fsp3) is 0.0233. The summed E-state index contributed by atoms with van der Waals surface area (Å²) in [6, 6.07) is 66.8. The fourth-order valence-electron chi connectivity index (χ4n) is 5.81. The standard InChI is InChI=1S/C43H34N2/c1-44(43-19-11-18-38(32-43)35-16-9-4-10-17-35)39-28-30-42(31-29-39)45(40-24-20-36(21-25-40)33-12-5-2-6-13-33)41-26-22-37(23-27-41)34-14-7-3-8-15-34/h2-32H,1H3. The molecule has 216 valence electrons. The molecule has 7 aromatic carbocycles. The second kappa shape index (κ2) is 12.8. The summed E-state index contributed by atoms with van der Waals surface area (Å²) >= 11 is 0. The van der Waals surface area contributed by atoms with Crippen LogP contribution in [0.4, 0.5) is 28.4 Å². The highest BCUT2D eigenvalue weighted by Crippen LogP contribution is 2.38. The summed E-state index contributed by atoms with van der Waals surface area (Å²) in [5, 5.41) is 0. The Balaban J connectivity index is 1.21. The van der Waals surface area contributed by atoms with E-state index >= 15 is 0 Å². The van der Waals surface area contributed by atoms with E-state index in [0.29, 0.717) is 0 Å². The Bertz CT molecular complexity index is 1880. The molecule has 2 nitrogen and oxygen atoms in total. The number of rotatable bonds is 8. The molecule has 0 radical (unpaired) electrons. The molecular weight excluding hydrogens is 544 g/mol.